The van der Waals surface area contributed by atoms with Crippen LogP contribution in [0, 0.1) is 18.3 Å². The van der Waals surface area contributed by atoms with Gasteiger partial charge in [0, 0.05) is 5.69 Å². The lowest BCUT2D eigenvalue weighted by Gasteiger charge is -2.09. The van der Waals surface area contributed by atoms with E-state index in [0.717, 1.165) is 11.3 Å². The lowest BCUT2D eigenvalue weighted by Crippen LogP contribution is -2.21. The molecule has 0 saturated heterocycles. The van der Waals surface area contributed by atoms with Crippen LogP contribution in [0.5, 0.6) is 0 Å². The van der Waals surface area contributed by atoms with Crippen molar-refractivity contribution in [1.82, 2.24) is 0 Å². The molecule has 0 aromatic heterocycles. The molecule has 0 bridgehead atoms. The van der Waals surface area contributed by atoms with Crippen molar-refractivity contribution in [3.8, 4) is 6.07 Å². The molecule has 2 aromatic rings. The van der Waals surface area contributed by atoms with E-state index in [4.69, 9.17) is 16.9 Å². The van der Waals surface area contributed by atoms with Gasteiger partial charge in [-0.2, -0.15) is 5.26 Å². The molecule has 0 radical (unpaired) electrons. The van der Waals surface area contributed by atoms with Crippen LogP contribution < -0.4 is 10.6 Å². The summed E-state index contributed by atoms with van der Waals surface area (Å²) in [6.45, 7) is 2.06. The molecule has 0 fully saturated rings. The fourth-order valence-corrected chi connectivity index (χ4v) is 2.08. The van der Waals surface area contributed by atoms with Gasteiger partial charge in [-0.05, 0) is 42.8 Å². The second kappa shape index (κ2) is 6.78. The molecule has 0 heterocycles. The van der Waals surface area contributed by atoms with E-state index < -0.39 is 0 Å². The molecule has 0 atom stereocenters. The van der Waals surface area contributed by atoms with Crippen molar-refractivity contribution < 1.29 is 4.79 Å². The van der Waals surface area contributed by atoms with E-state index in [-0.39, 0.29) is 12.5 Å². The predicted molar refractivity (Wildman–Crippen MR) is 84.5 cm³/mol. The lowest BCUT2D eigenvalue weighted by atomic mass is 10.2. The van der Waals surface area contributed by atoms with E-state index in [1.165, 1.54) is 0 Å². The quantitative estimate of drug-likeness (QED) is 0.907. The van der Waals surface area contributed by atoms with E-state index in [2.05, 4.69) is 10.6 Å². The number of aryl methyl sites for hydroxylation is 1. The van der Waals surface area contributed by atoms with Crippen LogP contribution in [0.1, 0.15) is 11.1 Å². The molecule has 0 spiro atoms. The van der Waals surface area contributed by atoms with Crippen LogP contribution in [-0.4, -0.2) is 12.5 Å². The molecule has 0 aliphatic heterocycles. The van der Waals surface area contributed by atoms with Crippen LogP contribution in [0.3, 0.4) is 0 Å². The van der Waals surface area contributed by atoms with Crippen LogP contribution >= 0.6 is 11.6 Å². The number of benzene rings is 2. The smallest absolute Gasteiger partial charge is 0.243 e. The van der Waals surface area contributed by atoms with E-state index in [1.807, 2.05) is 37.3 Å². The maximum Gasteiger partial charge on any atom is 0.243 e. The maximum atomic E-state index is 11.9. The number of carbonyl (C=O) groups excluding carboxylic acids is 1. The van der Waals surface area contributed by atoms with Gasteiger partial charge in [0.05, 0.1) is 28.9 Å². The number of hydrogen-bond acceptors (Lipinski definition) is 3. The van der Waals surface area contributed by atoms with Gasteiger partial charge in [-0.1, -0.05) is 23.7 Å². The number of amides is 1. The summed E-state index contributed by atoms with van der Waals surface area (Å²) in [4.78, 5) is 11.9. The third-order valence-corrected chi connectivity index (χ3v) is 3.15. The van der Waals surface area contributed by atoms with E-state index in [1.54, 1.807) is 18.2 Å². The minimum atomic E-state index is -0.166. The van der Waals surface area contributed by atoms with Gasteiger partial charge < -0.3 is 10.6 Å². The summed E-state index contributed by atoms with van der Waals surface area (Å²) >= 11 is 6.03. The Morgan fingerprint density at radius 2 is 2.10 bits per heavy atom. The monoisotopic (exact) mass is 299 g/mol. The summed E-state index contributed by atoms with van der Waals surface area (Å²) in [6, 6.07) is 14.5. The molecular weight excluding hydrogens is 286 g/mol. The Morgan fingerprint density at radius 3 is 2.76 bits per heavy atom. The molecule has 2 rings (SSSR count). The Morgan fingerprint density at radius 1 is 1.29 bits per heavy atom. The van der Waals surface area contributed by atoms with E-state index in [0.29, 0.717) is 16.3 Å². The molecule has 0 unspecified atom stereocenters. The third-order valence-electron chi connectivity index (χ3n) is 2.84. The first kappa shape index (κ1) is 14.9. The molecule has 0 aliphatic carbocycles. The van der Waals surface area contributed by atoms with Gasteiger partial charge in [0.2, 0.25) is 5.91 Å². The first-order chi connectivity index (χ1) is 10.1. The van der Waals surface area contributed by atoms with Crippen LogP contribution in [-0.2, 0) is 4.79 Å². The molecule has 5 heteroatoms. The highest BCUT2D eigenvalue weighted by atomic mass is 35.5. The zero-order valence-corrected chi connectivity index (χ0v) is 12.2. The summed E-state index contributed by atoms with van der Waals surface area (Å²) in [5, 5.41) is 14.9. The van der Waals surface area contributed by atoms with Crippen molar-refractivity contribution >= 4 is 28.9 Å². The standard InChI is InChI=1S/C16H14ClN3O/c1-11-3-2-4-13(7-11)20-16(21)10-19-15-6-5-12(9-18)8-14(15)17/h2-8,19H,10H2,1H3,(H,20,21). The first-order valence-corrected chi connectivity index (χ1v) is 6.76. The Labute approximate surface area is 128 Å². The molecule has 21 heavy (non-hydrogen) atoms. The molecule has 0 aliphatic rings. The maximum absolute atomic E-state index is 11.9. The molecule has 1 amide bonds. The Kier molecular flexibility index (Phi) is 4.81. The van der Waals surface area contributed by atoms with Crippen molar-refractivity contribution in [3.05, 3.63) is 58.6 Å². The minimum Gasteiger partial charge on any atom is -0.375 e. The number of nitriles is 1. The average Bonchev–Trinajstić information content (AvgIpc) is 2.46. The molecule has 0 saturated carbocycles. The van der Waals surface area contributed by atoms with E-state index in [9.17, 15) is 4.79 Å². The number of anilines is 2. The summed E-state index contributed by atoms with van der Waals surface area (Å²) in [6.07, 6.45) is 0. The van der Waals surface area contributed by atoms with Crippen molar-refractivity contribution in [1.29, 1.82) is 5.26 Å². The number of nitrogens with one attached hydrogen (secondary N) is 2. The highest BCUT2D eigenvalue weighted by Gasteiger charge is 2.05. The van der Waals surface area contributed by atoms with Gasteiger partial charge in [-0.15, -0.1) is 0 Å². The minimum absolute atomic E-state index is 0.0968. The molecular formula is C16H14ClN3O. The van der Waals surface area contributed by atoms with Crippen molar-refractivity contribution in [3.63, 3.8) is 0 Å². The van der Waals surface area contributed by atoms with Crippen molar-refractivity contribution in [2.75, 3.05) is 17.2 Å². The number of rotatable bonds is 4. The number of nitrogens with zero attached hydrogens (tertiary/aromatic N) is 1. The molecule has 106 valence electrons. The van der Waals surface area contributed by atoms with Gasteiger partial charge >= 0.3 is 0 Å². The van der Waals surface area contributed by atoms with Gasteiger partial charge in [0.15, 0.2) is 0 Å². The zero-order valence-electron chi connectivity index (χ0n) is 11.5. The van der Waals surface area contributed by atoms with Crippen molar-refractivity contribution in [2.24, 2.45) is 0 Å². The lowest BCUT2D eigenvalue weighted by molar-refractivity contribution is -0.114. The van der Waals surface area contributed by atoms with Crippen molar-refractivity contribution in [2.45, 2.75) is 6.92 Å². The SMILES string of the molecule is Cc1cccc(NC(=O)CNc2ccc(C#N)cc2Cl)c1. The highest BCUT2D eigenvalue weighted by Crippen LogP contribution is 2.22. The predicted octanol–water partition coefficient (Wildman–Crippen LogP) is 3.57. The van der Waals surface area contributed by atoms with Gasteiger partial charge in [-0.3, -0.25) is 4.79 Å². The number of hydrogen-bond donors (Lipinski definition) is 2. The summed E-state index contributed by atoms with van der Waals surface area (Å²) in [7, 11) is 0. The fourth-order valence-electron chi connectivity index (χ4n) is 1.83. The average molecular weight is 300 g/mol. The highest BCUT2D eigenvalue weighted by molar-refractivity contribution is 6.33. The van der Waals surface area contributed by atoms with Gasteiger partial charge in [-0.25, -0.2) is 0 Å². The topological polar surface area (TPSA) is 64.9 Å². The Bertz CT molecular complexity index is 707. The summed E-state index contributed by atoms with van der Waals surface area (Å²) in [5.41, 5.74) is 2.94. The Hall–Kier alpha value is -2.51. The Balaban J connectivity index is 1.94. The second-order valence-corrected chi connectivity index (χ2v) is 4.98. The van der Waals surface area contributed by atoms with Crippen LogP contribution in [0.2, 0.25) is 5.02 Å². The molecule has 2 N–H and O–H groups in total. The van der Waals surface area contributed by atoms with Gasteiger partial charge in [0.25, 0.3) is 0 Å². The zero-order chi connectivity index (χ0) is 15.2. The second-order valence-electron chi connectivity index (χ2n) is 4.58. The largest absolute Gasteiger partial charge is 0.375 e. The van der Waals surface area contributed by atoms with Crippen LogP contribution in [0.15, 0.2) is 42.5 Å². The fraction of sp³-hybridized carbons (Fsp3) is 0.125. The molecule has 4 nitrogen and oxygen atoms in total. The normalized spacial score (nSPS) is 9.76. The third kappa shape index (κ3) is 4.23. The first-order valence-electron chi connectivity index (χ1n) is 6.38. The van der Waals surface area contributed by atoms with Crippen LogP contribution in [0.25, 0.3) is 0 Å². The number of halogens is 1. The summed E-state index contributed by atoms with van der Waals surface area (Å²) in [5.74, 6) is -0.166. The summed E-state index contributed by atoms with van der Waals surface area (Å²) < 4.78 is 0. The van der Waals surface area contributed by atoms with Crippen LogP contribution in [0.4, 0.5) is 11.4 Å². The molecule has 2 aromatic carbocycles. The van der Waals surface area contributed by atoms with Gasteiger partial charge in [0.1, 0.15) is 0 Å². The van der Waals surface area contributed by atoms with E-state index >= 15 is 0 Å². The number of carbonyl (C=O) groups is 1.